The van der Waals surface area contributed by atoms with E-state index >= 15 is 0 Å². The summed E-state index contributed by atoms with van der Waals surface area (Å²) < 4.78 is 4.68. The van der Waals surface area contributed by atoms with Crippen LogP contribution in [0.5, 0.6) is 0 Å². The van der Waals surface area contributed by atoms with Crippen LogP contribution in [0.2, 0.25) is 0 Å². The Labute approximate surface area is 127 Å². The van der Waals surface area contributed by atoms with Crippen LogP contribution >= 0.6 is 12.6 Å². The molecule has 0 spiro atoms. The van der Waals surface area contributed by atoms with Crippen LogP contribution in [0.15, 0.2) is 36.1 Å². The molecule has 1 amide bonds. The molecule has 0 fully saturated rings. The van der Waals surface area contributed by atoms with Gasteiger partial charge in [-0.3, -0.25) is 4.79 Å². The van der Waals surface area contributed by atoms with E-state index in [0.29, 0.717) is 0 Å². The van der Waals surface area contributed by atoms with Gasteiger partial charge < -0.3 is 20.3 Å². The minimum absolute atomic E-state index is 0.101. The molecular formula is C13H17NO6S. The van der Waals surface area contributed by atoms with Crippen LogP contribution in [0.3, 0.4) is 0 Å². The maximum absolute atomic E-state index is 11.7. The zero-order valence-corrected chi connectivity index (χ0v) is 12.3. The van der Waals surface area contributed by atoms with Crippen molar-refractivity contribution in [1.82, 2.24) is 5.32 Å². The van der Waals surface area contributed by atoms with E-state index in [-0.39, 0.29) is 17.1 Å². The third-order valence-electron chi connectivity index (χ3n) is 2.20. The number of carboxylic acids is 1. The molecule has 0 saturated carbocycles. The molecule has 0 heterocycles. The number of carbonyl (C=O) groups is 3. The van der Waals surface area contributed by atoms with Crippen molar-refractivity contribution in [2.24, 2.45) is 0 Å². The Bertz CT molecular complexity index is 483. The standard InChI is InChI=1S/C13H17NO6S/c1-3-5-8(10(15)4-2)13(19)20-6-11(16)14-9(7-21)12(17)18/h3-5,9,15,21H,1,6-7H2,2H3,(H,14,16)(H,17,18)/b8-5+,10-4+. The molecule has 0 aromatic rings. The second kappa shape index (κ2) is 9.65. The average Bonchev–Trinajstić information content (AvgIpc) is 2.46. The maximum atomic E-state index is 11.7. The van der Waals surface area contributed by atoms with Gasteiger partial charge in [0.1, 0.15) is 17.4 Å². The molecule has 8 heteroatoms. The van der Waals surface area contributed by atoms with Gasteiger partial charge in [0.25, 0.3) is 5.91 Å². The number of hydrogen-bond acceptors (Lipinski definition) is 6. The van der Waals surface area contributed by atoms with Crippen molar-refractivity contribution >= 4 is 30.5 Å². The number of aliphatic carboxylic acids is 1. The van der Waals surface area contributed by atoms with Gasteiger partial charge >= 0.3 is 11.9 Å². The molecule has 0 radical (unpaired) electrons. The first-order chi connectivity index (χ1) is 9.87. The van der Waals surface area contributed by atoms with E-state index in [1.807, 2.05) is 0 Å². The fourth-order valence-electron chi connectivity index (χ4n) is 1.16. The minimum atomic E-state index is -1.25. The molecular weight excluding hydrogens is 298 g/mol. The third-order valence-corrected chi connectivity index (χ3v) is 2.57. The van der Waals surface area contributed by atoms with Gasteiger partial charge in [-0.2, -0.15) is 12.6 Å². The summed E-state index contributed by atoms with van der Waals surface area (Å²) in [4.78, 5) is 33.8. The van der Waals surface area contributed by atoms with Crippen molar-refractivity contribution in [3.8, 4) is 0 Å². The van der Waals surface area contributed by atoms with E-state index in [0.717, 1.165) is 0 Å². The van der Waals surface area contributed by atoms with Crippen LogP contribution in [0.25, 0.3) is 0 Å². The number of amides is 1. The number of rotatable bonds is 8. The number of esters is 1. The van der Waals surface area contributed by atoms with Gasteiger partial charge in [-0.25, -0.2) is 9.59 Å². The van der Waals surface area contributed by atoms with Crippen molar-refractivity contribution < 1.29 is 29.3 Å². The van der Waals surface area contributed by atoms with Gasteiger partial charge in [0.15, 0.2) is 6.61 Å². The molecule has 21 heavy (non-hydrogen) atoms. The van der Waals surface area contributed by atoms with Gasteiger partial charge in [-0.05, 0) is 19.1 Å². The topological polar surface area (TPSA) is 113 Å². The molecule has 0 saturated heterocycles. The summed E-state index contributed by atoms with van der Waals surface area (Å²) in [5.41, 5.74) is -0.163. The molecule has 1 unspecified atom stereocenters. The van der Waals surface area contributed by atoms with Crippen molar-refractivity contribution in [2.45, 2.75) is 13.0 Å². The number of allylic oxidation sites excluding steroid dienone is 3. The third kappa shape index (κ3) is 6.66. The zero-order valence-electron chi connectivity index (χ0n) is 11.4. The SMILES string of the molecule is C=C/C=C(C(=O)OCC(=O)NC(CS)C(=O)O)\C(O)=C/C. The number of ether oxygens (including phenoxy) is 1. The first-order valence-electron chi connectivity index (χ1n) is 5.85. The lowest BCUT2D eigenvalue weighted by atomic mass is 10.2. The molecule has 0 bridgehead atoms. The molecule has 116 valence electrons. The Hall–Kier alpha value is -2.22. The van der Waals surface area contributed by atoms with Crippen LogP contribution in [-0.4, -0.2) is 46.5 Å². The predicted molar refractivity (Wildman–Crippen MR) is 79.0 cm³/mol. The second-order valence-corrected chi connectivity index (χ2v) is 4.07. The molecule has 0 aromatic heterocycles. The van der Waals surface area contributed by atoms with Crippen molar-refractivity contribution in [2.75, 3.05) is 12.4 Å². The summed E-state index contributed by atoms with van der Waals surface area (Å²) in [6, 6.07) is -1.17. The van der Waals surface area contributed by atoms with Crippen LogP contribution in [0.4, 0.5) is 0 Å². The van der Waals surface area contributed by atoms with Gasteiger partial charge in [0, 0.05) is 5.75 Å². The number of aliphatic hydroxyl groups is 1. The van der Waals surface area contributed by atoms with Crippen molar-refractivity contribution in [1.29, 1.82) is 0 Å². The van der Waals surface area contributed by atoms with Gasteiger partial charge in [0.2, 0.25) is 0 Å². The largest absolute Gasteiger partial charge is 0.507 e. The second-order valence-electron chi connectivity index (χ2n) is 3.71. The number of carbonyl (C=O) groups excluding carboxylic acids is 2. The van der Waals surface area contributed by atoms with E-state index in [9.17, 15) is 19.5 Å². The molecule has 7 nitrogen and oxygen atoms in total. The normalized spacial score (nSPS) is 13.2. The van der Waals surface area contributed by atoms with E-state index in [1.54, 1.807) is 0 Å². The van der Waals surface area contributed by atoms with Crippen LogP contribution in [0.1, 0.15) is 6.92 Å². The number of hydrogen-bond donors (Lipinski definition) is 4. The number of nitrogens with one attached hydrogen (secondary N) is 1. The van der Waals surface area contributed by atoms with E-state index in [4.69, 9.17) is 5.11 Å². The first-order valence-corrected chi connectivity index (χ1v) is 6.49. The van der Waals surface area contributed by atoms with E-state index < -0.39 is 30.5 Å². The Morgan fingerprint density at radius 2 is 2.00 bits per heavy atom. The highest BCUT2D eigenvalue weighted by Crippen LogP contribution is 2.09. The lowest BCUT2D eigenvalue weighted by Gasteiger charge is -2.12. The lowest BCUT2D eigenvalue weighted by molar-refractivity contribution is -0.146. The highest BCUT2D eigenvalue weighted by molar-refractivity contribution is 7.80. The number of thiol groups is 1. The van der Waals surface area contributed by atoms with Gasteiger partial charge in [-0.1, -0.05) is 12.7 Å². The maximum Gasteiger partial charge on any atom is 0.342 e. The summed E-state index contributed by atoms with van der Waals surface area (Å²) in [7, 11) is 0. The Balaban J connectivity index is 4.60. The monoisotopic (exact) mass is 315 g/mol. The highest BCUT2D eigenvalue weighted by atomic mass is 32.1. The Kier molecular flexibility index (Phi) is 8.63. The molecule has 0 aromatic carbocycles. The van der Waals surface area contributed by atoms with Crippen LogP contribution in [-0.2, 0) is 19.1 Å². The zero-order chi connectivity index (χ0) is 16.4. The molecule has 0 aliphatic rings. The molecule has 0 rings (SSSR count). The average molecular weight is 315 g/mol. The first kappa shape index (κ1) is 18.8. The predicted octanol–water partition coefficient (Wildman–Crippen LogP) is 0.603. The molecule has 0 aliphatic carbocycles. The summed E-state index contributed by atoms with van der Waals surface area (Å²) >= 11 is 3.77. The number of carboxylic acid groups (broad SMARTS) is 1. The van der Waals surface area contributed by atoms with Crippen LogP contribution in [0, 0.1) is 0 Å². The van der Waals surface area contributed by atoms with E-state index in [1.165, 1.54) is 25.2 Å². The smallest absolute Gasteiger partial charge is 0.342 e. The Morgan fingerprint density at radius 1 is 1.38 bits per heavy atom. The molecule has 3 N–H and O–H groups in total. The Morgan fingerprint density at radius 3 is 2.43 bits per heavy atom. The summed E-state index contributed by atoms with van der Waals surface area (Å²) in [5, 5.41) is 20.4. The highest BCUT2D eigenvalue weighted by Gasteiger charge is 2.20. The quantitative estimate of drug-likeness (QED) is 0.172. The lowest BCUT2D eigenvalue weighted by Crippen LogP contribution is -2.44. The molecule has 1 atom stereocenters. The van der Waals surface area contributed by atoms with Crippen molar-refractivity contribution in [3.63, 3.8) is 0 Å². The summed E-state index contributed by atoms with van der Waals surface area (Å²) in [5.74, 6) is -3.39. The van der Waals surface area contributed by atoms with Crippen LogP contribution < -0.4 is 5.32 Å². The van der Waals surface area contributed by atoms with Gasteiger partial charge in [0.05, 0.1) is 0 Å². The fourth-order valence-corrected chi connectivity index (χ4v) is 1.41. The fraction of sp³-hybridized carbons (Fsp3) is 0.308. The molecule has 0 aliphatic heterocycles. The summed E-state index contributed by atoms with van der Waals surface area (Å²) in [6.07, 6.45) is 3.78. The number of aliphatic hydroxyl groups excluding tert-OH is 1. The minimum Gasteiger partial charge on any atom is -0.507 e. The van der Waals surface area contributed by atoms with Gasteiger partial charge in [-0.15, -0.1) is 0 Å². The summed E-state index contributed by atoms with van der Waals surface area (Å²) in [6.45, 7) is 4.22. The van der Waals surface area contributed by atoms with Crippen molar-refractivity contribution in [3.05, 3.63) is 36.1 Å². The van der Waals surface area contributed by atoms with E-state index in [2.05, 4.69) is 29.3 Å².